The standard InChI is InChI=1S/C24H27NO2/c25-18-8-7-13-24(21-11-5-2-6-12-21)27-23-16-14-22(15-17-23)26-19-20-9-3-1-4-10-20/h1-6,9-12,14-17,24H,7-8,13,18-19,25H2. The van der Waals surface area contributed by atoms with Gasteiger partial charge in [-0.2, -0.15) is 0 Å². The highest BCUT2D eigenvalue weighted by molar-refractivity contribution is 5.32. The molecule has 0 fully saturated rings. The van der Waals surface area contributed by atoms with Crippen LogP contribution in [-0.2, 0) is 6.61 Å². The second-order valence-electron chi connectivity index (χ2n) is 6.55. The predicted octanol–water partition coefficient (Wildman–Crippen LogP) is 5.51. The van der Waals surface area contributed by atoms with Crippen LogP contribution in [0.5, 0.6) is 11.5 Å². The molecule has 0 aliphatic rings. The van der Waals surface area contributed by atoms with Crippen LogP contribution >= 0.6 is 0 Å². The van der Waals surface area contributed by atoms with Gasteiger partial charge < -0.3 is 15.2 Å². The summed E-state index contributed by atoms with van der Waals surface area (Å²) >= 11 is 0. The fourth-order valence-electron chi connectivity index (χ4n) is 2.95. The Labute approximate surface area is 161 Å². The van der Waals surface area contributed by atoms with Gasteiger partial charge in [-0.1, -0.05) is 60.7 Å². The first-order chi connectivity index (χ1) is 13.3. The normalized spacial score (nSPS) is 11.7. The lowest BCUT2D eigenvalue weighted by atomic mass is 10.0. The molecular formula is C24H27NO2. The topological polar surface area (TPSA) is 44.5 Å². The van der Waals surface area contributed by atoms with Gasteiger partial charge in [0.15, 0.2) is 0 Å². The summed E-state index contributed by atoms with van der Waals surface area (Å²) in [5, 5.41) is 0. The van der Waals surface area contributed by atoms with Crippen LogP contribution in [0.25, 0.3) is 0 Å². The molecule has 0 amide bonds. The van der Waals surface area contributed by atoms with Crippen molar-refractivity contribution < 1.29 is 9.47 Å². The minimum atomic E-state index is 0.0360. The van der Waals surface area contributed by atoms with Crippen LogP contribution < -0.4 is 15.2 Å². The number of unbranched alkanes of at least 4 members (excludes halogenated alkanes) is 1. The second kappa shape index (κ2) is 10.4. The molecule has 3 aromatic rings. The summed E-state index contributed by atoms with van der Waals surface area (Å²) in [5.41, 5.74) is 7.99. The minimum absolute atomic E-state index is 0.0360. The number of benzene rings is 3. The molecule has 3 nitrogen and oxygen atoms in total. The lowest BCUT2D eigenvalue weighted by Crippen LogP contribution is -2.09. The van der Waals surface area contributed by atoms with E-state index in [1.54, 1.807) is 0 Å². The summed E-state index contributed by atoms with van der Waals surface area (Å²) < 4.78 is 12.1. The van der Waals surface area contributed by atoms with Gasteiger partial charge >= 0.3 is 0 Å². The minimum Gasteiger partial charge on any atom is -0.489 e. The third-order valence-corrected chi connectivity index (χ3v) is 4.44. The van der Waals surface area contributed by atoms with Crippen molar-refractivity contribution in [2.75, 3.05) is 6.54 Å². The molecule has 0 radical (unpaired) electrons. The Kier molecular flexibility index (Phi) is 7.31. The number of nitrogens with two attached hydrogens (primary N) is 1. The molecule has 0 bridgehead atoms. The van der Waals surface area contributed by atoms with Gasteiger partial charge in [-0.3, -0.25) is 0 Å². The molecule has 3 rings (SSSR count). The van der Waals surface area contributed by atoms with E-state index in [2.05, 4.69) is 36.4 Å². The maximum Gasteiger partial charge on any atom is 0.124 e. The third kappa shape index (κ3) is 6.15. The first kappa shape index (κ1) is 19.0. The summed E-state index contributed by atoms with van der Waals surface area (Å²) in [6.07, 6.45) is 3.05. The van der Waals surface area contributed by atoms with Gasteiger partial charge in [-0.05, 0) is 61.2 Å². The largest absolute Gasteiger partial charge is 0.489 e. The fraction of sp³-hybridized carbons (Fsp3) is 0.250. The van der Waals surface area contributed by atoms with Crippen molar-refractivity contribution in [3.63, 3.8) is 0 Å². The van der Waals surface area contributed by atoms with Gasteiger partial charge in [0.05, 0.1) is 0 Å². The molecule has 0 saturated carbocycles. The van der Waals surface area contributed by atoms with E-state index >= 15 is 0 Å². The molecule has 27 heavy (non-hydrogen) atoms. The lowest BCUT2D eigenvalue weighted by Gasteiger charge is -2.20. The van der Waals surface area contributed by atoms with Crippen molar-refractivity contribution in [1.29, 1.82) is 0 Å². The molecule has 2 N–H and O–H groups in total. The van der Waals surface area contributed by atoms with Gasteiger partial charge in [-0.25, -0.2) is 0 Å². The maximum atomic E-state index is 6.27. The smallest absolute Gasteiger partial charge is 0.124 e. The molecule has 3 aromatic carbocycles. The fourth-order valence-corrected chi connectivity index (χ4v) is 2.95. The SMILES string of the molecule is NCCCCC(Oc1ccc(OCc2ccccc2)cc1)c1ccccc1. The molecule has 3 heteroatoms. The molecule has 140 valence electrons. The summed E-state index contributed by atoms with van der Waals surface area (Å²) in [5.74, 6) is 1.69. The zero-order valence-corrected chi connectivity index (χ0v) is 15.6. The zero-order chi connectivity index (χ0) is 18.7. The number of rotatable bonds is 10. The number of hydrogen-bond donors (Lipinski definition) is 1. The molecule has 1 unspecified atom stereocenters. The van der Waals surface area contributed by atoms with Crippen LogP contribution in [-0.4, -0.2) is 6.54 Å². The van der Waals surface area contributed by atoms with E-state index in [9.17, 15) is 0 Å². The summed E-state index contributed by atoms with van der Waals surface area (Å²) in [7, 11) is 0. The third-order valence-electron chi connectivity index (χ3n) is 4.44. The zero-order valence-electron chi connectivity index (χ0n) is 15.6. The molecule has 0 saturated heterocycles. The highest BCUT2D eigenvalue weighted by atomic mass is 16.5. The Morgan fingerprint density at radius 2 is 1.33 bits per heavy atom. The van der Waals surface area contributed by atoms with Crippen molar-refractivity contribution in [1.82, 2.24) is 0 Å². The van der Waals surface area contributed by atoms with E-state index in [4.69, 9.17) is 15.2 Å². The quantitative estimate of drug-likeness (QED) is 0.484. The van der Waals surface area contributed by atoms with Crippen LogP contribution in [0, 0.1) is 0 Å². The average Bonchev–Trinajstić information content (AvgIpc) is 2.74. The highest BCUT2D eigenvalue weighted by Crippen LogP contribution is 2.28. The van der Waals surface area contributed by atoms with Crippen LogP contribution in [0.3, 0.4) is 0 Å². The van der Waals surface area contributed by atoms with Gasteiger partial charge in [0.1, 0.15) is 24.2 Å². The number of hydrogen-bond acceptors (Lipinski definition) is 3. The molecular weight excluding hydrogens is 334 g/mol. The molecule has 1 atom stereocenters. The van der Waals surface area contributed by atoms with Crippen LogP contribution in [0.1, 0.15) is 36.5 Å². The van der Waals surface area contributed by atoms with Gasteiger partial charge in [0.25, 0.3) is 0 Å². The van der Waals surface area contributed by atoms with Crippen LogP contribution in [0.15, 0.2) is 84.9 Å². The Bertz CT molecular complexity index is 772. The van der Waals surface area contributed by atoms with Crippen LogP contribution in [0.4, 0.5) is 0 Å². The average molecular weight is 361 g/mol. The van der Waals surface area contributed by atoms with Crippen molar-refractivity contribution in [3.05, 3.63) is 96.1 Å². The van der Waals surface area contributed by atoms with Gasteiger partial charge in [-0.15, -0.1) is 0 Å². The van der Waals surface area contributed by atoms with E-state index in [0.717, 1.165) is 42.9 Å². The molecule has 0 aromatic heterocycles. The molecule has 0 spiro atoms. The first-order valence-electron chi connectivity index (χ1n) is 9.53. The van der Waals surface area contributed by atoms with Crippen LogP contribution in [0.2, 0.25) is 0 Å². The maximum absolute atomic E-state index is 6.27. The number of ether oxygens (including phenoxy) is 2. The lowest BCUT2D eigenvalue weighted by molar-refractivity contribution is 0.190. The monoisotopic (exact) mass is 361 g/mol. The molecule has 0 heterocycles. The summed E-state index contributed by atoms with van der Waals surface area (Å²) in [6, 6.07) is 28.4. The van der Waals surface area contributed by atoms with Crippen molar-refractivity contribution in [2.24, 2.45) is 5.73 Å². The van der Waals surface area contributed by atoms with Crippen molar-refractivity contribution in [3.8, 4) is 11.5 Å². The predicted molar refractivity (Wildman–Crippen MR) is 110 cm³/mol. The van der Waals surface area contributed by atoms with E-state index in [1.165, 1.54) is 5.56 Å². The van der Waals surface area contributed by atoms with Crippen molar-refractivity contribution in [2.45, 2.75) is 32.0 Å². The Morgan fingerprint density at radius 3 is 2.00 bits per heavy atom. The molecule has 0 aliphatic heterocycles. The Balaban J connectivity index is 1.60. The van der Waals surface area contributed by atoms with E-state index in [-0.39, 0.29) is 6.10 Å². The van der Waals surface area contributed by atoms with E-state index < -0.39 is 0 Å². The Hall–Kier alpha value is -2.78. The Morgan fingerprint density at radius 1 is 0.704 bits per heavy atom. The van der Waals surface area contributed by atoms with Gasteiger partial charge in [0, 0.05) is 0 Å². The molecule has 0 aliphatic carbocycles. The first-order valence-corrected chi connectivity index (χ1v) is 9.53. The van der Waals surface area contributed by atoms with E-state index in [0.29, 0.717) is 6.61 Å². The van der Waals surface area contributed by atoms with Gasteiger partial charge in [0.2, 0.25) is 0 Å². The second-order valence-corrected chi connectivity index (χ2v) is 6.55. The highest BCUT2D eigenvalue weighted by Gasteiger charge is 2.13. The van der Waals surface area contributed by atoms with Crippen molar-refractivity contribution >= 4 is 0 Å². The summed E-state index contributed by atoms with van der Waals surface area (Å²) in [6.45, 7) is 1.28. The van der Waals surface area contributed by atoms with E-state index in [1.807, 2.05) is 48.5 Å². The summed E-state index contributed by atoms with van der Waals surface area (Å²) in [4.78, 5) is 0.